The van der Waals surface area contributed by atoms with Crippen molar-refractivity contribution in [3.8, 4) is 11.9 Å². The van der Waals surface area contributed by atoms with Gasteiger partial charge in [0.15, 0.2) is 0 Å². The number of sulfonamides is 1. The minimum absolute atomic E-state index is 0.115. The smallest absolute Gasteiger partial charge is 0.337 e. The van der Waals surface area contributed by atoms with Crippen molar-refractivity contribution in [2.24, 2.45) is 0 Å². The van der Waals surface area contributed by atoms with Gasteiger partial charge >= 0.3 is 12.0 Å². The van der Waals surface area contributed by atoms with Crippen LogP contribution in [0, 0.1) is 0 Å². The van der Waals surface area contributed by atoms with Gasteiger partial charge < -0.3 is 14.2 Å². The van der Waals surface area contributed by atoms with Gasteiger partial charge in [-0.25, -0.2) is 18.2 Å². The predicted octanol–water partition coefficient (Wildman–Crippen LogP) is 1.50. The van der Waals surface area contributed by atoms with E-state index in [0.29, 0.717) is 30.8 Å². The lowest BCUT2D eigenvalue weighted by atomic mass is 10.1. The number of piperidine rings is 1. The van der Waals surface area contributed by atoms with E-state index in [0.717, 1.165) is 0 Å². The van der Waals surface area contributed by atoms with E-state index in [2.05, 4.69) is 14.7 Å². The highest BCUT2D eigenvalue weighted by Crippen LogP contribution is 2.24. The van der Waals surface area contributed by atoms with Gasteiger partial charge in [0.25, 0.3) is 0 Å². The van der Waals surface area contributed by atoms with Crippen LogP contribution in [0.2, 0.25) is 0 Å². The molecule has 1 aliphatic rings. The van der Waals surface area contributed by atoms with Crippen molar-refractivity contribution in [2.75, 3.05) is 27.3 Å². The summed E-state index contributed by atoms with van der Waals surface area (Å²) in [5.41, 5.74) is 0.291. The summed E-state index contributed by atoms with van der Waals surface area (Å²) in [6.07, 6.45) is 2.55. The second kappa shape index (κ2) is 8.53. The first-order valence-electron chi connectivity index (χ1n) is 8.66. The van der Waals surface area contributed by atoms with Crippen LogP contribution in [0.4, 0.5) is 0 Å². The third kappa shape index (κ3) is 4.39. The first kappa shape index (κ1) is 20.0. The Morgan fingerprint density at radius 1 is 1.18 bits per heavy atom. The fraction of sp³-hybridized carbons (Fsp3) is 0.389. The largest absolute Gasteiger partial charge is 0.473 e. The van der Waals surface area contributed by atoms with Crippen LogP contribution in [-0.2, 0) is 14.8 Å². The molecular weight excluding hydrogens is 386 g/mol. The number of carbonyl (C=O) groups is 1. The molecule has 9 nitrogen and oxygen atoms in total. The summed E-state index contributed by atoms with van der Waals surface area (Å²) in [5.74, 6) is -0.186. The molecule has 1 saturated heterocycles. The van der Waals surface area contributed by atoms with Crippen LogP contribution in [0.25, 0.3) is 0 Å². The quantitative estimate of drug-likeness (QED) is 0.663. The Hall–Kier alpha value is -2.72. The van der Waals surface area contributed by atoms with Crippen molar-refractivity contribution in [1.29, 1.82) is 0 Å². The summed E-state index contributed by atoms with van der Waals surface area (Å²) in [4.78, 5) is 19.7. The minimum atomic E-state index is -3.71. The summed E-state index contributed by atoms with van der Waals surface area (Å²) >= 11 is 0. The Balaban J connectivity index is 1.72. The van der Waals surface area contributed by atoms with Gasteiger partial charge in [-0.2, -0.15) is 9.29 Å². The number of esters is 1. The maximum absolute atomic E-state index is 12.9. The van der Waals surface area contributed by atoms with Crippen LogP contribution in [-0.4, -0.2) is 62.1 Å². The number of carbonyl (C=O) groups excluding carboxylic acids is 1. The van der Waals surface area contributed by atoms with Gasteiger partial charge in [0.1, 0.15) is 6.10 Å². The lowest BCUT2D eigenvalue weighted by Crippen LogP contribution is -2.44. The van der Waals surface area contributed by atoms with Crippen LogP contribution < -0.4 is 9.47 Å². The number of methoxy groups -OCH3 is 2. The minimum Gasteiger partial charge on any atom is -0.473 e. The van der Waals surface area contributed by atoms with Crippen molar-refractivity contribution in [3.05, 3.63) is 42.1 Å². The molecule has 1 aromatic carbocycles. The van der Waals surface area contributed by atoms with E-state index in [-0.39, 0.29) is 23.6 Å². The van der Waals surface area contributed by atoms with E-state index in [9.17, 15) is 13.2 Å². The molecule has 1 aromatic heterocycles. The van der Waals surface area contributed by atoms with Gasteiger partial charge in [-0.15, -0.1) is 0 Å². The van der Waals surface area contributed by atoms with Crippen LogP contribution in [0.1, 0.15) is 23.2 Å². The number of rotatable bonds is 6. The molecule has 28 heavy (non-hydrogen) atoms. The van der Waals surface area contributed by atoms with E-state index >= 15 is 0 Å². The first-order valence-corrected chi connectivity index (χ1v) is 10.1. The molecule has 1 aliphatic heterocycles. The van der Waals surface area contributed by atoms with Crippen molar-refractivity contribution in [2.45, 2.75) is 23.8 Å². The molecule has 0 aliphatic carbocycles. The zero-order chi connectivity index (χ0) is 20.1. The van der Waals surface area contributed by atoms with Gasteiger partial charge in [-0.1, -0.05) is 0 Å². The Kier molecular flexibility index (Phi) is 6.10. The monoisotopic (exact) mass is 407 g/mol. The Bertz CT molecular complexity index is 933. The number of aromatic nitrogens is 2. The normalized spacial score (nSPS) is 17.7. The van der Waals surface area contributed by atoms with Crippen molar-refractivity contribution >= 4 is 16.0 Å². The van der Waals surface area contributed by atoms with Crippen molar-refractivity contribution in [3.63, 3.8) is 0 Å². The number of benzene rings is 1. The average Bonchev–Trinajstić information content (AvgIpc) is 2.73. The molecule has 10 heteroatoms. The van der Waals surface area contributed by atoms with Gasteiger partial charge in [-0.3, -0.25) is 0 Å². The second-order valence-electron chi connectivity index (χ2n) is 6.14. The van der Waals surface area contributed by atoms with Crippen molar-refractivity contribution < 1.29 is 27.4 Å². The van der Waals surface area contributed by atoms with Crippen LogP contribution >= 0.6 is 0 Å². The summed E-state index contributed by atoms with van der Waals surface area (Å²) in [7, 11) is -0.976. The van der Waals surface area contributed by atoms with E-state index in [1.807, 2.05) is 0 Å². The van der Waals surface area contributed by atoms with E-state index in [4.69, 9.17) is 9.47 Å². The molecule has 2 aromatic rings. The molecule has 1 unspecified atom stereocenters. The molecule has 3 rings (SSSR count). The second-order valence-corrected chi connectivity index (χ2v) is 8.08. The molecule has 0 radical (unpaired) electrons. The van der Waals surface area contributed by atoms with Gasteiger partial charge in [-0.05, 0) is 37.1 Å². The van der Waals surface area contributed by atoms with Crippen LogP contribution in [0.5, 0.6) is 11.9 Å². The maximum Gasteiger partial charge on any atom is 0.337 e. The molecule has 0 bridgehead atoms. The highest BCUT2D eigenvalue weighted by molar-refractivity contribution is 7.89. The topological polar surface area (TPSA) is 108 Å². The van der Waals surface area contributed by atoms with E-state index in [1.165, 1.54) is 49.0 Å². The Labute approximate surface area is 163 Å². The molecular formula is C18H21N3O6S. The summed E-state index contributed by atoms with van der Waals surface area (Å²) in [5, 5.41) is 0. The lowest BCUT2D eigenvalue weighted by Gasteiger charge is -2.31. The first-order chi connectivity index (χ1) is 13.4. The van der Waals surface area contributed by atoms with Crippen LogP contribution in [0.15, 0.2) is 41.4 Å². The zero-order valence-corrected chi connectivity index (χ0v) is 16.4. The van der Waals surface area contributed by atoms with E-state index < -0.39 is 16.0 Å². The molecule has 0 spiro atoms. The highest BCUT2D eigenvalue weighted by Gasteiger charge is 2.31. The molecule has 0 amide bonds. The fourth-order valence-electron chi connectivity index (χ4n) is 2.91. The molecule has 1 atom stereocenters. The fourth-order valence-corrected chi connectivity index (χ4v) is 4.42. The lowest BCUT2D eigenvalue weighted by molar-refractivity contribution is 0.0600. The maximum atomic E-state index is 12.9. The third-order valence-electron chi connectivity index (χ3n) is 4.33. The molecule has 2 heterocycles. The number of nitrogens with zero attached hydrogens (tertiary/aromatic N) is 3. The Morgan fingerprint density at radius 2 is 1.93 bits per heavy atom. The molecule has 1 fully saturated rings. The van der Waals surface area contributed by atoms with E-state index in [1.54, 1.807) is 6.07 Å². The molecule has 0 saturated carbocycles. The molecule has 150 valence electrons. The third-order valence-corrected chi connectivity index (χ3v) is 6.21. The molecule has 0 N–H and O–H groups in total. The van der Waals surface area contributed by atoms with Gasteiger partial charge in [0.05, 0.1) is 31.2 Å². The standard InChI is InChI=1S/C18H21N3O6S/c1-25-17(22)13-5-7-15(8-6-13)28(23,24)21-11-3-4-14(12-21)27-16-9-10-19-18(20-16)26-2/h5-10,14H,3-4,11-12H2,1-2H3. The number of hydrogen-bond donors (Lipinski definition) is 0. The van der Waals surface area contributed by atoms with Gasteiger partial charge in [0, 0.05) is 18.8 Å². The summed E-state index contributed by atoms with van der Waals surface area (Å²) < 4.78 is 42.7. The predicted molar refractivity (Wildman–Crippen MR) is 98.8 cm³/mol. The highest BCUT2D eigenvalue weighted by atomic mass is 32.2. The van der Waals surface area contributed by atoms with Crippen molar-refractivity contribution in [1.82, 2.24) is 14.3 Å². The SMILES string of the molecule is COC(=O)c1ccc(S(=O)(=O)N2CCCC(Oc3ccnc(OC)n3)C2)cc1. The zero-order valence-electron chi connectivity index (χ0n) is 15.6. The average molecular weight is 407 g/mol. The summed E-state index contributed by atoms with van der Waals surface area (Å²) in [6, 6.07) is 7.46. The van der Waals surface area contributed by atoms with Gasteiger partial charge in [0.2, 0.25) is 15.9 Å². The number of ether oxygens (including phenoxy) is 3. The number of hydrogen-bond acceptors (Lipinski definition) is 8. The Morgan fingerprint density at radius 3 is 2.61 bits per heavy atom. The summed E-state index contributed by atoms with van der Waals surface area (Å²) in [6.45, 7) is 0.599. The van der Waals surface area contributed by atoms with Crippen LogP contribution in [0.3, 0.4) is 0 Å².